The molecule has 0 fully saturated rings. The lowest BCUT2D eigenvalue weighted by atomic mass is 10.0. The Kier molecular flexibility index (Phi) is 3.64. The highest BCUT2D eigenvalue weighted by Crippen LogP contribution is 2.29. The lowest BCUT2D eigenvalue weighted by molar-refractivity contribution is 0.0697. The van der Waals surface area contributed by atoms with Gasteiger partial charge in [-0.15, -0.1) is 0 Å². The summed E-state index contributed by atoms with van der Waals surface area (Å²) in [5.41, 5.74) is 1.96. The molecule has 2 amide bonds. The fraction of sp³-hybridized carbons (Fsp3) is 0.375. The third kappa shape index (κ3) is 2.77. The zero-order valence-electron chi connectivity index (χ0n) is 11.7. The molecule has 110 valence electrons. The lowest BCUT2D eigenvalue weighted by Gasteiger charge is -2.24. The summed E-state index contributed by atoms with van der Waals surface area (Å²) in [5.74, 6) is -0.970. The van der Waals surface area contributed by atoms with E-state index in [1.807, 2.05) is 0 Å². The van der Waals surface area contributed by atoms with Crippen LogP contribution in [0, 0.1) is 0 Å². The Hall–Kier alpha value is -2.30. The third-order valence-electron chi connectivity index (χ3n) is 4.07. The van der Waals surface area contributed by atoms with Gasteiger partial charge in [-0.25, -0.2) is 9.59 Å². The first-order valence-electron chi connectivity index (χ1n) is 7.24. The van der Waals surface area contributed by atoms with Gasteiger partial charge in [0, 0.05) is 18.3 Å². The van der Waals surface area contributed by atoms with Gasteiger partial charge in [-0.3, -0.25) is 4.90 Å². The molecule has 5 heteroatoms. The highest BCUT2D eigenvalue weighted by Gasteiger charge is 2.27. The van der Waals surface area contributed by atoms with Crippen molar-refractivity contribution in [2.24, 2.45) is 0 Å². The van der Waals surface area contributed by atoms with Gasteiger partial charge in [0.1, 0.15) is 0 Å². The van der Waals surface area contributed by atoms with Gasteiger partial charge < -0.3 is 10.4 Å². The van der Waals surface area contributed by atoms with Gasteiger partial charge >= 0.3 is 12.0 Å². The molecule has 1 aliphatic carbocycles. The quantitative estimate of drug-likeness (QED) is 0.821. The first kappa shape index (κ1) is 13.7. The number of amides is 2. The summed E-state index contributed by atoms with van der Waals surface area (Å²) in [4.78, 5) is 25.1. The molecule has 0 radical (unpaired) electrons. The molecule has 3 rings (SSSR count). The van der Waals surface area contributed by atoms with Crippen LogP contribution in [0.25, 0.3) is 0 Å². The van der Waals surface area contributed by atoms with E-state index in [1.54, 1.807) is 23.1 Å². The number of fused-ring (bicyclic) bond motifs is 1. The topological polar surface area (TPSA) is 69.6 Å². The molecule has 1 heterocycles. The number of carboxylic acids is 1. The van der Waals surface area contributed by atoms with Gasteiger partial charge in [0.05, 0.1) is 5.56 Å². The SMILES string of the molecule is O=C(O)c1ccc2c(c1)N(C(=O)NC1CC=CCC1)CC2. The zero-order valence-corrected chi connectivity index (χ0v) is 11.7. The second-order valence-electron chi connectivity index (χ2n) is 5.48. The van der Waals surface area contributed by atoms with E-state index in [1.165, 1.54) is 0 Å². The van der Waals surface area contributed by atoms with E-state index in [4.69, 9.17) is 5.11 Å². The number of hydrogen-bond acceptors (Lipinski definition) is 2. The Balaban J connectivity index is 1.76. The molecule has 1 atom stereocenters. The average Bonchev–Trinajstić information content (AvgIpc) is 2.91. The van der Waals surface area contributed by atoms with Crippen LogP contribution in [-0.2, 0) is 6.42 Å². The monoisotopic (exact) mass is 286 g/mol. The Morgan fingerprint density at radius 3 is 2.86 bits per heavy atom. The molecule has 5 nitrogen and oxygen atoms in total. The van der Waals surface area contributed by atoms with Crippen LogP contribution in [-0.4, -0.2) is 29.7 Å². The van der Waals surface area contributed by atoms with Crippen molar-refractivity contribution in [3.8, 4) is 0 Å². The highest BCUT2D eigenvalue weighted by molar-refractivity contribution is 5.97. The van der Waals surface area contributed by atoms with Crippen molar-refractivity contribution in [1.29, 1.82) is 0 Å². The van der Waals surface area contributed by atoms with Crippen LogP contribution in [0.5, 0.6) is 0 Å². The maximum atomic E-state index is 12.4. The van der Waals surface area contributed by atoms with E-state index in [0.29, 0.717) is 6.54 Å². The summed E-state index contributed by atoms with van der Waals surface area (Å²) in [5, 5.41) is 12.1. The molecule has 2 N–H and O–H groups in total. The average molecular weight is 286 g/mol. The van der Waals surface area contributed by atoms with E-state index in [9.17, 15) is 9.59 Å². The lowest BCUT2D eigenvalue weighted by Crippen LogP contribution is -2.44. The van der Waals surface area contributed by atoms with Crippen LogP contribution in [0.15, 0.2) is 30.4 Å². The maximum Gasteiger partial charge on any atom is 0.335 e. The van der Waals surface area contributed by atoms with Crippen LogP contribution in [0.2, 0.25) is 0 Å². The number of urea groups is 1. The summed E-state index contributed by atoms with van der Waals surface area (Å²) in [6, 6.07) is 5.03. The largest absolute Gasteiger partial charge is 0.478 e. The van der Waals surface area contributed by atoms with E-state index < -0.39 is 5.97 Å². The number of allylic oxidation sites excluding steroid dienone is 1. The number of aromatic carboxylic acids is 1. The molecule has 1 aromatic rings. The number of benzene rings is 1. The number of carboxylic acid groups (broad SMARTS) is 1. The fourth-order valence-electron chi connectivity index (χ4n) is 2.90. The summed E-state index contributed by atoms with van der Waals surface area (Å²) >= 11 is 0. The van der Waals surface area contributed by atoms with E-state index in [-0.39, 0.29) is 17.6 Å². The number of anilines is 1. The fourth-order valence-corrected chi connectivity index (χ4v) is 2.90. The van der Waals surface area contributed by atoms with Gasteiger partial charge in [0.2, 0.25) is 0 Å². The summed E-state index contributed by atoms with van der Waals surface area (Å²) < 4.78 is 0. The van der Waals surface area contributed by atoms with Crippen LogP contribution < -0.4 is 10.2 Å². The number of hydrogen-bond donors (Lipinski definition) is 2. The Morgan fingerprint density at radius 1 is 1.29 bits per heavy atom. The standard InChI is InChI=1S/C16H18N2O3/c19-15(20)12-7-6-11-8-9-18(14(11)10-12)16(21)17-13-4-2-1-3-5-13/h1-2,6-7,10,13H,3-5,8-9H2,(H,17,21)(H,19,20). The summed E-state index contributed by atoms with van der Waals surface area (Å²) in [6.07, 6.45) is 7.81. The van der Waals surface area contributed by atoms with Gasteiger partial charge in [-0.05, 0) is 43.4 Å². The second kappa shape index (κ2) is 5.60. The highest BCUT2D eigenvalue weighted by atomic mass is 16.4. The molecule has 1 aromatic carbocycles. The van der Waals surface area contributed by atoms with Crippen molar-refractivity contribution in [3.63, 3.8) is 0 Å². The van der Waals surface area contributed by atoms with Crippen LogP contribution in [0.4, 0.5) is 10.5 Å². The number of nitrogens with zero attached hydrogens (tertiary/aromatic N) is 1. The van der Waals surface area contributed by atoms with Gasteiger partial charge in [0.15, 0.2) is 0 Å². The molecular formula is C16H18N2O3. The van der Waals surface area contributed by atoms with Crippen molar-refractivity contribution in [3.05, 3.63) is 41.5 Å². The molecule has 21 heavy (non-hydrogen) atoms. The Bertz CT molecular complexity index is 610. The van der Waals surface area contributed by atoms with Crippen LogP contribution >= 0.6 is 0 Å². The Labute approximate surface area is 123 Å². The molecule has 2 aliphatic rings. The molecule has 0 saturated carbocycles. The number of carbonyl (C=O) groups is 2. The molecule has 0 spiro atoms. The summed E-state index contributed by atoms with van der Waals surface area (Å²) in [7, 11) is 0. The van der Waals surface area contributed by atoms with Crippen molar-refractivity contribution >= 4 is 17.7 Å². The number of carbonyl (C=O) groups excluding carboxylic acids is 1. The molecule has 1 aliphatic heterocycles. The van der Waals surface area contributed by atoms with E-state index in [0.717, 1.165) is 36.9 Å². The minimum absolute atomic E-state index is 0.128. The minimum Gasteiger partial charge on any atom is -0.478 e. The predicted molar refractivity (Wildman–Crippen MR) is 79.8 cm³/mol. The van der Waals surface area contributed by atoms with E-state index in [2.05, 4.69) is 17.5 Å². The third-order valence-corrected chi connectivity index (χ3v) is 4.07. The number of nitrogens with one attached hydrogen (secondary N) is 1. The van der Waals surface area contributed by atoms with Gasteiger partial charge in [-0.2, -0.15) is 0 Å². The first-order valence-corrected chi connectivity index (χ1v) is 7.24. The predicted octanol–water partition coefficient (Wildman–Crippen LogP) is 2.57. The normalized spacial score (nSPS) is 20.2. The van der Waals surface area contributed by atoms with Crippen molar-refractivity contribution in [1.82, 2.24) is 5.32 Å². The van der Waals surface area contributed by atoms with Gasteiger partial charge in [0.25, 0.3) is 0 Å². The molecule has 0 saturated heterocycles. The first-order chi connectivity index (χ1) is 10.1. The zero-order chi connectivity index (χ0) is 14.8. The van der Waals surface area contributed by atoms with Crippen LogP contribution in [0.1, 0.15) is 35.2 Å². The molecule has 1 unspecified atom stereocenters. The van der Waals surface area contributed by atoms with Crippen molar-refractivity contribution < 1.29 is 14.7 Å². The molecular weight excluding hydrogens is 268 g/mol. The van der Waals surface area contributed by atoms with Crippen molar-refractivity contribution in [2.75, 3.05) is 11.4 Å². The molecule has 0 bridgehead atoms. The smallest absolute Gasteiger partial charge is 0.335 e. The Morgan fingerprint density at radius 2 is 2.14 bits per heavy atom. The van der Waals surface area contributed by atoms with E-state index >= 15 is 0 Å². The maximum absolute atomic E-state index is 12.4. The van der Waals surface area contributed by atoms with Crippen LogP contribution in [0.3, 0.4) is 0 Å². The van der Waals surface area contributed by atoms with Crippen molar-refractivity contribution in [2.45, 2.75) is 31.7 Å². The minimum atomic E-state index is -0.970. The second-order valence-corrected chi connectivity index (χ2v) is 5.48. The summed E-state index contributed by atoms with van der Waals surface area (Å²) in [6.45, 7) is 0.604. The number of rotatable bonds is 2. The van der Waals surface area contributed by atoms with Gasteiger partial charge in [-0.1, -0.05) is 18.2 Å². The molecule has 0 aromatic heterocycles.